The van der Waals surface area contributed by atoms with Gasteiger partial charge in [0.2, 0.25) is 0 Å². The van der Waals surface area contributed by atoms with Crippen LogP contribution in [-0.4, -0.2) is 27.7 Å². The molecule has 0 fully saturated rings. The summed E-state index contributed by atoms with van der Waals surface area (Å²) in [4.78, 5) is 23.4. The predicted molar refractivity (Wildman–Crippen MR) is 61.6 cm³/mol. The van der Waals surface area contributed by atoms with Crippen molar-refractivity contribution in [3.63, 3.8) is 0 Å². The summed E-state index contributed by atoms with van der Waals surface area (Å²) >= 11 is 0. The Morgan fingerprint density at radius 3 is 2.44 bits per heavy atom. The quantitative estimate of drug-likeness (QED) is 0.649. The van der Waals surface area contributed by atoms with Gasteiger partial charge in [-0.25, -0.2) is 4.79 Å². The van der Waals surface area contributed by atoms with Crippen molar-refractivity contribution in [2.45, 2.75) is 0 Å². The average Bonchev–Trinajstić information content (AvgIpc) is 2.41. The summed E-state index contributed by atoms with van der Waals surface area (Å²) in [5.74, 6) is 0.920. The number of hydrogen-bond donors (Lipinski definition) is 1. The topological polar surface area (TPSA) is 82.7 Å². The Balaban J connectivity index is 2.48. The number of aryl methyl sites for hydroxylation is 1. The molecular formula is C11H10N2O5. The van der Waals surface area contributed by atoms with E-state index in [9.17, 15) is 14.8 Å². The molecule has 1 aromatic carbocycles. The minimum Gasteiger partial charge on any atom is -0.486 e. The Morgan fingerprint density at radius 1 is 1.17 bits per heavy atom. The third-order valence-corrected chi connectivity index (χ3v) is 2.91. The highest BCUT2D eigenvalue weighted by Crippen LogP contribution is 2.32. The number of ether oxygens (including phenoxy) is 2. The summed E-state index contributed by atoms with van der Waals surface area (Å²) < 4.78 is 12.0. The highest BCUT2D eigenvalue weighted by atomic mass is 16.6. The molecule has 94 valence electrons. The summed E-state index contributed by atoms with van der Waals surface area (Å²) in [6, 6.07) is 3.03. The number of hydrogen-bond acceptors (Lipinski definition) is 5. The maximum absolute atomic E-state index is 11.8. The van der Waals surface area contributed by atoms with Crippen LogP contribution in [0.2, 0.25) is 0 Å². The number of rotatable bonds is 0. The first kappa shape index (κ1) is 10.7. The van der Waals surface area contributed by atoms with E-state index in [-0.39, 0.29) is 10.1 Å². The van der Waals surface area contributed by atoms with Crippen molar-refractivity contribution < 1.29 is 14.7 Å². The lowest BCUT2D eigenvalue weighted by Crippen LogP contribution is -2.37. The smallest absolute Gasteiger partial charge is 0.364 e. The Hall–Kier alpha value is -2.44. The highest BCUT2D eigenvalue weighted by molar-refractivity contribution is 5.82. The molecule has 1 aliphatic heterocycles. The van der Waals surface area contributed by atoms with Crippen molar-refractivity contribution in [2.75, 3.05) is 13.2 Å². The van der Waals surface area contributed by atoms with Crippen molar-refractivity contribution in [1.29, 1.82) is 0 Å². The van der Waals surface area contributed by atoms with Crippen LogP contribution in [0.1, 0.15) is 0 Å². The molecule has 18 heavy (non-hydrogen) atoms. The summed E-state index contributed by atoms with van der Waals surface area (Å²) in [5.41, 5.74) is -1.19. The highest BCUT2D eigenvalue weighted by Gasteiger charge is 2.17. The van der Waals surface area contributed by atoms with Crippen LogP contribution in [0.25, 0.3) is 10.9 Å². The molecule has 3 rings (SSSR count). The van der Waals surface area contributed by atoms with E-state index in [2.05, 4.69) is 0 Å². The Bertz CT molecular complexity index is 759. The van der Waals surface area contributed by atoms with E-state index in [1.54, 1.807) is 6.07 Å². The van der Waals surface area contributed by atoms with Gasteiger partial charge in [-0.3, -0.25) is 9.36 Å². The molecule has 1 aliphatic rings. The average molecular weight is 250 g/mol. The fourth-order valence-electron chi connectivity index (χ4n) is 1.97. The van der Waals surface area contributed by atoms with Gasteiger partial charge in [0.15, 0.2) is 11.5 Å². The largest absolute Gasteiger partial charge is 0.486 e. The SMILES string of the molecule is Cn1c(=O)n(O)c(=O)c2cc3c(cc21)OCCO3. The van der Waals surface area contributed by atoms with Gasteiger partial charge in [0.1, 0.15) is 13.2 Å². The maximum atomic E-state index is 11.8. The van der Waals surface area contributed by atoms with Gasteiger partial charge in [0, 0.05) is 13.1 Å². The molecule has 0 saturated carbocycles. The second-order valence-electron chi connectivity index (χ2n) is 3.97. The molecule has 0 aliphatic carbocycles. The summed E-state index contributed by atoms with van der Waals surface area (Å²) in [6.07, 6.45) is 0. The standard InChI is InChI=1S/C11H10N2O5/c1-12-7-5-9-8(17-2-3-18-9)4-6(7)10(14)13(16)11(12)15/h4-5,16H,2-3H2,1H3. The molecule has 0 saturated heterocycles. The van der Waals surface area contributed by atoms with Crippen molar-refractivity contribution in [3.8, 4) is 11.5 Å². The Kier molecular flexibility index (Phi) is 2.09. The van der Waals surface area contributed by atoms with E-state index in [0.29, 0.717) is 30.2 Å². The third kappa shape index (κ3) is 1.30. The van der Waals surface area contributed by atoms with E-state index in [1.165, 1.54) is 17.7 Å². The monoisotopic (exact) mass is 250 g/mol. The number of fused-ring (bicyclic) bond motifs is 2. The van der Waals surface area contributed by atoms with E-state index in [1.807, 2.05) is 0 Å². The van der Waals surface area contributed by atoms with E-state index in [0.717, 1.165) is 0 Å². The van der Waals surface area contributed by atoms with Crippen LogP contribution in [0.3, 0.4) is 0 Å². The fourth-order valence-corrected chi connectivity index (χ4v) is 1.97. The summed E-state index contributed by atoms with van der Waals surface area (Å²) in [5, 5.41) is 9.59. The van der Waals surface area contributed by atoms with Gasteiger partial charge in [-0.1, -0.05) is 4.73 Å². The van der Waals surface area contributed by atoms with Crippen LogP contribution in [-0.2, 0) is 7.05 Å². The van der Waals surface area contributed by atoms with Crippen molar-refractivity contribution >= 4 is 10.9 Å². The molecule has 2 heterocycles. The number of nitrogens with zero attached hydrogens (tertiary/aromatic N) is 2. The molecule has 0 spiro atoms. The molecular weight excluding hydrogens is 240 g/mol. The van der Waals surface area contributed by atoms with Gasteiger partial charge in [-0.05, 0) is 6.07 Å². The molecule has 7 nitrogen and oxygen atoms in total. The summed E-state index contributed by atoms with van der Waals surface area (Å²) in [7, 11) is 1.47. The van der Waals surface area contributed by atoms with Crippen molar-refractivity contribution in [2.24, 2.45) is 7.05 Å². The van der Waals surface area contributed by atoms with Gasteiger partial charge < -0.3 is 14.7 Å². The van der Waals surface area contributed by atoms with Gasteiger partial charge in [-0.2, -0.15) is 0 Å². The molecule has 0 atom stereocenters. The zero-order chi connectivity index (χ0) is 12.9. The Morgan fingerprint density at radius 2 is 1.78 bits per heavy atom. The van der Waals surface area contributed by atoms with Gasteiger partial charge in [-0.15, -0.1) is 0 Å². The lowest BCUT2D eigenvalue weighted by molar-refractivity contribution is 0.158. The zero-order valence-electron chi connectivity index (χ0n) is 9.54. The molecule has 0 amide bonds. The van der Waals surface area contributed by atoms with Crippen LogP contribution in [0.5, 0.6) is 11.5 Å². The number of benzene rings is 1. The lowest BCUT2D eigenvalue weighted by Gasteiger charge is -2.19. The first-order chi connectivity index (χ1) is 8.59. The first-order valence-corrected chi connectivity index (χ1v) is 5.34. The zero-order valence-corrected chi connectivity index (χ0v) is 9.54. The van der Waals surface area contributed by atoms with Crippen LogP contribution in [0.15, 0.2) is 21.7 Å². The molecule has 0 unspecified atom stereocenters. The molecule has 1 aromatic heterocycles. The van der Waals surface area contributed by atoms with Gasteiger partial charge in [0.05, 0.1) is 10.9 Å². The van der Waals surface area contributed by atoms with Crippen LogP contribution in [0.4, 0.5) is 0 Å². The molecule has 7 heteroatoms. The third-order valence-electron chi connectivity index (χ3n) is 2.91. The normalized spacial score (nSPS) is 13.8. The van der Waals surface area contributed by atoms with E-state index < -0.39 is 11.2 Å². The van der Waals surface area contributed by atoms with Gasteiger partial charge >= 0.3 is 5.69 Å². The molecule has 1 N–H and O–H groups in total. The second-order valence-corrected chi connectivity index (χ2v) is 3.97. The fraction of sp³-hybridized carbons (Fsp3) is 0.273. The molecule has 0 bridgehead atoms. The van der Waals surface area contributed by atoms with Crippen LogP contribution >= 0.6 is 0 Å². The first-order valence-electron chi connectivity index (χ1n) is 5.34. The minimum absolute atomic E-state index is 0.0818. The summed E-state index contributed by atoms with van der Waals surface area (Å²) in [6.45, 7) is 0.821. The molecule has 2 aromatic rings. The van der Waals surface area contributed by atoms with E-state index >= 15 is 0 Å². The minimum atomic E-state index is -0.802. The van der Waals surface area contributed by atoms with Crippen molar-refractivity contribution in [3.05, 3.63) is 33.0 Å². The van der Waals surface area contributed by atoms with Crippen LogP contribution in [0, 0.1) is 0 Å². The maximum Gasteiger partial charge on any atom is 0.364 e. The van der Waals surface area contributed by atoms with E-state index in [4.69, 9.17) is 9.47 Å². The lowest BCUT2D eigenvalue weighted by atomic mass is 10.2. The van der Waals surface area contributed by atoms with Crippen molar-refractivity contribution in [1.82, 2.24) is 9.30 Å². The predicted octanol–water partition coefficient (Wildman–Crippen LogP) is -0.291. The Labute approximate surface area is 100 Å². The molecule has 0 radical (unpaired) electrons. The van der Waals surface area contributed by atoms with Gasteiger partial charge in [0.25, 0.3) is 5.56 Å². The number of aromatic nitrogens is 2. The second kappa shape index (κ2) is 3.52. The van der Waals surface area contributed by atoms with Crippen LogP contribution < -0.4 is 20.7 Å².